The van der Waals surface area contributed by atoms with Gasteiger partial charge in [0.25, 0.3) is 0 Å². The summed E-state index contributed by atoms with van der Waals surface area (Å²) in [5.74, 6) is -0.283. The molecule has 2 aliphatic heterocycles. The summed E-state index contributed by atoms with van der Waals surface area (Å²) in [6.07, 6.45) is 15.5. The van der Waals surface area contributed by atoms with Crippen LogP contribution in [0.5, 0.6) is 0 Å². The van der Waals surface area contributed by atoms with E-state index in [9.17, 15) is 4.79 Å². The third-order valence-electron chi connectivity index (χ3n) is 7.21. The molecular formula is C22H33N5O. The Morgan fingerprint density at radius 1 is 1.18 bits per heavy atom. The van der Waals surface area contributed by atoms with E-state index in [-0.39, 0.29) is 11.4 Å². The number of carbonyl (C=O) groups excluding carboxylic acids is 1. The number of allylic oxidation sites excluding steroid dienone is 3. The Bertz CT molecular complexity index is 723. The second-order valence-corrected chi connectivity index (χ2v) is 8.58. The zero-order valence-corrected chi connectivity index (χ0v) is 17.1. The molecule has 1 saturated carbocycles. The van der Waals surface area contributed by atoms with E-state index in [2.05, 4.69) is 26.7 Å². The molecule has 0 aromatic carbocycles. The van der Waals surface area contributed by atoms with Crippen LogP contribution in [0.15, 0.2) is 33.9 Å². The molecule has 2 heterocycles. The lowest BCUT2D eigenvalue weighted by atomic mass is 9.57. The number of amides is 1. The average Bonchev–Trinajstić information content (AvgIpc) is 3.22. The smallest absolute Gasteiger partial charge is 0.235 e. The summed E-state index contributed by atoms with van der Waals surface area (Å²) in [4.78, 5) is 27.2. The van der Waals surface area contributed by atoms with Gasteiger partial charge in [-0.3, -0.25) is 9.69 Å². The van der Waals surface area contributed by atoms with E-state index in [0.29, 0.717) is 0 Å². The second kappa shape index (κ2) is 7.91. The molecule has 6 nitrogen and oxygen atoms in total. The zero-order chi connectivity index (χ0) is 19.6. The highest BCUT2D eigenvalue weighted by atomic mass is 16.1. The summed E-state index contributed by atoms with van der Waals surface area (Å²) >= 11 is 0. The van der Waals surface area contributed by atoms with Crippen molar-refractivity contribution in [1.82, 2.24) is 9.80 Å². The Kier molecular flexibility index (Phi) is 5.52. The van der Waals surface area contributed by atoms with Crippen LogP contribution >= 0.6 is 0 Å². The van der Waals surface area contributed by atoms with E-state index in [4.69, 9.17) is 5.73 Å². The van der Waals surface area contributed by atoms with Crippen LogP contribution in [-0.4, -0.2) is 66.0 Å². The molecule has 1 unspecified atom stereocenters. The fourth-order valence-corrected chi connectivity index (χ4v) is 5.75. The van der Waals surface area contributed by atoms with Crippen LogP contribution in [0, 0.1) is 5.41 Å². The van der Waals surface area contributed by atoms with Gasteiger partial charge in [0, 0.05) is 31.7 Å². The lowest BCUT2D eigenvalue weighted by Crippen LogP contribution is -2.70. The van der Waals surface area contributed by atoms with Gasteiger partial charge in [-0.15, -0.1) is 0 Å². The second-order valence-electron chi connectivity index (χ2n) is 8.58. The van der Waals surface area contributed by atoms with E-state index in [1.807, 2.05) is 18.2 Å². The lowest BCUT2D eigenvalue weighted by molar-refractivity contribution is -0.132. The highest BCUT2D eigenvalue weighted by Crippen LogP contribution is 2.51. The van der Waals surface area contributed by atoms with Gasteiger partial charge in [0.05, 0.1) is 11.4 Å². The van der Waals surface area contributed by atoms with Crippen molar-refractivity contribution in [2.45, 2.75) is 57.4 Å². The van der Waals surface area contributed by atoms with E-state index < -0.39 is 5.41 Å². The van der Waals surface area contributed by atoms with E-state index >= 15 is 0 Å². The third kappa shape index (κ3) is 2.98. The number of rotatable bonds is 6. The fourth-order valence-electron chi connectivity index (χ4n) is 5.75. The van der Waals surface area contributed by atoms with Gasteiger partial charge in [0.15, 0.2) is 0 Å². The molecule has 0 aromatic heterocycles. The van der Waals surface area contributed by atoms with Crippen molar-refractivity contribution >= 4 is 18.0 Å². The number of nitrogens with two attached hydrogens (primary N) is 1. The van der Waals surface area contributed by atoms with Crippen LogP contribution in [-0.2, 0) is 4.79 Å². The SMILES string of the molecule is CCCCN1CCN(C2(C3(C(N)=O)C=CC=C4N=CN=C43)CCCCC2)CC1. The molecule has 0 bridgehead atoms. The number of fused-ring (bicyclic) bond motifs is 1. The number of nitrogens with zero attached hydrogens (tertiary/aromatic N) is 4. The van der Waals surface area contributed by atoms with Crippen molar-refractivity contribution in [2.24, 2.45) is 21.1 Å². The molecule has 4 aliphatic rings. The van der Waals surface area contributed by atoms with Crippen molar-refractivity contribution in [3.63, 3.8) is 0 Å². The molecular weight excluding hydrogens is 350 g/mol. The van der Waals surface area contributed by atoms with Crippen LogP contribution in [0.25, 0.3) is 0 Å². The highest BCUT2D eigenvalue weighted by Gasteiger charge is 2.61. The van der Waals surface area contributed by atoms with Gasteiger partial charge >= 0.3 is 0 Å². The molecule has 1 atom stereocenters. The maximum atomic E-state index is 13.1. The Hall–Kier alpha value is -1.79. The minimum absolute atomic E-state index is 0.283. The molecule has 2 N–H and O–H groups in total. The Morgan fingerprint density at radius 3 is 2.61 bits per heavy atom. The lowest BCUT2D eigenvalue weighted by Gasteiger charge is -2.57. The molecule has 6 heteroatoms. The average molecular weight is 384 g/mol. The Labute approximate surface area is 168 Å². The molecule has 28 heavy (non-hydrogen) atoms. The van der Waals surface area contributed by atoms with E-state index in [1.54, 1.807) is 6.34 Å². The van der Waals surface area contributed by atoms with Crippen molar-refractivity contribution in [1.29, 1.82) is 0 Å². The van der Waals surface area contributed by atoms with Crippen molar-refractivity contribution < 1.29 is 4.79 Å². The first-order valence-corrected chi connectivity index (χ1v) is 10.9. The van der Waals surface area contributed by atoms with Crippen molar-refractivity contribution in [3.05, 3.63) is 23.9 Å². The molecule has 2 aliphatic carbocycles. The summed E-state index contributed by atoms with van der Waals surface area (Å²) in [6.45, 7) is 7.51. The van der Waals surface area contributed by atoms with Crippen LogP contribution in [0.1, 0.15) is 51.9 Å². The predicted molar refractivity (Wildman–Crippen MR) is 114 cm³/mol. The maximum Gasteiger partial charge on any atom is 0.235 e. The molecule has 0 radical (unpaired) electrons. The van der Waals surface area contributed by atoms with Crippen LogP contribution in [0.3, 0.4) is 0 Å². The van der Waals surface area contributed by atoms with Gasteiger partial charge in [0.1, 0.15) is 11.8 Å². The highest BCUT2D eigenvalue weighted by molar-refractivity contribution is 6.23. The molecule has 1 saturated heterocycles. The summed E-state index contributed by atoms with van der Waals surface area (Å²) in [6, 6.07) is 0. The van der Waals surface area contributed by atoms with Gasteiger partial charge in [-0.1, -0.05) is 44.8 Å². The Morgan fingerprint density at radius 2 is 1.93 bits per heavy atom. The number of piperazine rings is 1. The van der Waals surface area contributed by atoms with Crippen molar-refractivity contribution in [2.75, 3.05) is 32.7 Å². The first-order valence-electron chi connectivity index (χ1n) is 10.9. The van der Waals surface area contributed by atoms with Crippen LogP contribution < -0.4 is 5.73 Å². The first kappa shape index (κ1) is 19.5. The number of carbonyl (C=O) groups is 1. The summed E-state index contributed by atoms with van der Waals surface area (Å²) in [5.41, 5.74) is 6.56. The number of aliphatic imine (C=N–C) groups is 2. The van der Waals surface area contributed by atoms with E-state index in [0.717, 1.165) is 63.3 Å². The molecule has 0 spiro atoms. The standard InChI is InChI=1S/C22H33N5O/c1-2-3-12-26-13-15-27(16-14-26)21(9-5-4-6-10-21)22(20(23)28)11-7-8-18-19(22)25-17-24-18/h7-8,11,17H,2-6,9-10,12-16H2,1H3,(H2,23,28). The monoisotopic (exact) mass is 383 g/mol. The third-order valence-corrected chi connectivity index (χ3v) is 7.21. The first-order chi connectivity index (χ1) is 13.6. The molecule has 0 aromatic rings. The number of primary amides is 1. The normalized spacial score (nSPS) is 30.0. The quantitative estimate of drug-likeness (QED) is 0.766. The number of unbranched alkanes of at least 4 members (excludes halogenated alkanes) is 1. The van der Waals surface area contributed by atoms with Crippen LogP contribution in [0.4, 0.5) is 0 Å². The predicted octanol–water partition coefficient (Wildman–Crippen LogP) is 2.52. The van der Waals surface area contributed by atoms with Gasteiger partial charge < -0.3 is 10.6 Å². The summed E-state index contributed by atoms with van der Waals surface area (Å²) in [7, 11) is 0. The van der Waals surface area contributed by atoms with Gasteiger partial charge in [0.2, 0.25) is 5.91 Å². The molecule has 1 amide bonds. The summed E-state index contributed by atoms with van der Waals surface area (Å²) < 4.78 is 0. The number of hydrogen-bond acceptors (Lipinski definition) is 5. The van der Waals surface area contributed by atoms with Gasteiger partial charge in [-0.2, -0.15) is 0 Å². The van der Waals surface area contributed by atoms with Gasteiger partial charge in [-0.25, -0.2) is 9.98 Å². The molecule has 152 valence electrons. The zero-order valence-electron chi connectivity index (χ0n) is 17.1. The van der Waals surface area contributed by atoms with Crippen molar-refractivity contribution in [3.8, 4) is 0 Å². The van der Waals surface area contributed by atoms with Gasteiger partial charge in [-0.05, 0) is 31.9 Å². The number of hydrogen-bond donors (Lipinski definition) is 1. The fraction of sp³-hybridized carbons (Fsp3) is 0.682. The Balaban J connectivity index is 1.68. The maximum absolute atomic E-state index is 13.1. The topological polar surface area (TPSA) is 74.3 Å². The largest absolute Gasteiger partial charge is 0.369 e. The van der Waals surface area contributed by atoms with E-state index in [1.165, 1.54) is 25.8 Å². The summed E-state index contributed by atoms with van der Waals surface area (Å²) in [5, 5.41) is 0. The minimum Gasteiger partial charge on any atom is -0.369 e. The minimum atomic E-state index is -0.889. The van der Waals surface area contributed by atoms with Crippen LogP contribution in [0.2, 0.25) is 0 Å². The molecule has 4 rings (SSSR count). The molecule has 2 fully saturated rings.